The first-order valence-electron chi connectivity index (χ1n) is 5.36. The lowest BCUT2D eigenvalue weighted by Gasteiger charge is -2.17. The van der Waals surface area contributed by atoms with Crippen molar-refractivity contribution in [3.63, 3.8) is 0 Å². The molecule has 96 valence electrons. The zero-order valence-corrected chi connectivity index (χ0v) is 11.2. The fourth-order valence-electron chi connectivity index (χ4n) is 1.96. The van der Waals surface area contributed by atoms with Crippen LogP contribution in [0.5, 0.6) is 0 Å². The average Bonchev–Trinajstić information content (AvgIpc) is 2.73. The van der Waals surface area contributed by atoms with Crippen molar-refractivity contribution >= 4 is 33.5 Å². The summed E-state index contributed by atoms with van der Waals surface area (Å²) in [7, 11) is 1.27. The minimum atomic E-state index is -0.527. The summed E-state index contributed by atoms with van der Waals surface area (Å²) >= 11 is 3.22. The van der Waals surface area contributed by atoms with Gasteiger partial charge in [-0.3, -0.25) is 9.59 Å². The number of anilines is 1. The van der Waals surface area contributed by atoms with E-state index in [1.165, 1.54) is 24.1 Å². The molecule has 0 saturated carbocycles. The molecule has 1 fully saturated rings. The van der Waals surface area contributed by atoms with Crippen molar-refractivity contribution in [3.8, 4) is 0 Å². The maximum atomic E-state index is 13.7. The van der Waals surface area contributed by atoms with E-state index in [9.17, 15) is 14.0 Å². The molecule has 1 amide bonds. The van der Waals surface area contributed by atoms with E-state index in [1.807, 2.05) is 0 Å². The van der Waals surface area contributed by atoms with Crippen molar-refractivity contribution in [2.45, 2.75) is 6.42 Å². The first-order valence-corrected chi connectivity index (χ1v) is 6.15. The van der Waals surface area contributed by atoms with Gasteiger partial charge in [0.05, 0.1) is 18.7 Å². The molecule has 6 heteroatoms. The van der Waals surface area contributed by atoms with Gasteiger partial charge in [0.15, 0.2) is 0 Å². The molecule has 0 bridgehead atoms. The Bertz CT molecular complexity index is 506. The van der Waals surface area contributed by atoms with E-state index < -0.39 is 17.7 Å². The van der Waals surface area contributed by atoms with Gasteiger partial charge in [-0.1, -0.05) is 15.9 Å². The highest BCUT2D eigenvalue weighted by molar-refractivity contribution is 9.10. The number of benzene rings is 1. The van der Waals surface area contributed by atoms with Gasteiger partial charge in [0.25, 0.3) is 0 Å². The Kier molecular flexibility index (Phi) is 3.65. The monoisotopic (exact) mass is 315 g/mol. The highest BCUT2D eigenvalue weighted by Crippen LogP contribution is 2.30. The standard InChI is InChI=1S/C12H11BrFNO3/c1-18-12(17)7-4-11(16)15(6-7)10-5-8(13)2-3-9(10)14/h2-3,5,7H,4,6H2,1H3. The average molecular weight is 316 g/mol. The molecule has 1 aromatic carbocycles. The van der Waals surface area contributed by atoms with Gasteiger partial charge in [-0.2, -0.15) is 0 Å². The SMILES string of the molecule is COC(=O)C1CC(=O)N(c2cc(Br)ccc2F)C1. The van der Waals surface area contributed by atoms with E-state index in [-0.39, 0.29) is 24.6 Å². The lowest BCUT2D eigenvalue weighted by Crippen LogP contribution is -2.27. The number of nitrogens with zero attached hydrogens (tertiary/aromatic N) is 1. The minimum absolute atomic E-state index is 0.0542. The molecule has 0 N–H and O–H groups in total. The van der Waals surface area contributed by atoms with Crippen molar-refractivity contribution in [1.82, 2.24) is 0 Å². The lowest BCUT2D eigenvalue weighted by atomic mass is 10.1. The highest BCUT2D eigenvalue weighted by Gasteiger charge is 2.36. The number of methoxy groups -OCH3 is 1. The summed E-state index contributed by atoms with van der Waals surface area (Å²) in [6.45, 7) is 0.152. The number of rotatable bonds is 2. The maximum absolute atomic E-state index is 13.7. The summed E-state index contributed by atoms with van der Waals surface area (Å²) in [6, 6.07) is 4.35. The third-order valence-electron chi connectivity index (χ3n) is 2.86. The summed E-state index contributed by atoms with van der Waals surface area (Å²) in [6.07, 6.45) is 0.0542. The van der Waals surface area contributed by atoms with Crippen LogP contribution >= 0.6 is 15.9 Å². The van der Waals surface area contributed by atoms with Crippen LogP contribution in [-0.2, 0) is 14.3 Å². The maximum Gasteiger partial charge on any atom is 0.311 e. The fraction of sp³-hybridized carbons (Fsp3) is 0.333. The quantitative estimate of drug-likeness (QED) is 0.785. The topological polar surface area (TPSA) is 46.6 Å². The van der Waals surface area contributed by atoms with Gasteiger partial charge in [0, 0.05) is 17.4 Å². The second-order valence-electron chi connectivity index (χ2n) is 4.02. The Morgan fingerprint density at radius 3 is 2.94 bits per heavy atom. The van der Waals surface area contributed by atoms with Gasteiger partial charge in [0.1, 0.15) is 5.82 Å². The number of ether oxygens (including phenoxy) is 1. The van der Waals surface area contributed by atoms with Crippen molar-refractivity contribution in [2.24, 2.45) is 5.92 Å². The number of hydrogen-bond acceptors (Lipinski definition) is 3. The van der Waals surface area contributed by atoms with Crippen LogP contribution in [0.15, 0.2) is 22.7 Å². The van der Waals surface area contributed by atoms with E-state index in [4.69, 9.17) is 0 Å². The molecule has 4 nitrogen and oxygen atoms in total. The van der Waals surface area contributed by atoms with Crippen molar-refractivity contribution < 1.29 is 18.7 Å². The van der Waals surface area contributed by atoms with Gasteiger partial charge in [-0.15, -0.1) is 0 Å². The predicted molar refractivity (Wildman–Crippen MR) is 66.6 cm³/mol. The molecule has 1 aliphatic rings. The normalized spacial score (nSPS) is 19.2. The van der Waals surface area contributed by atoms with Gasteiger partial charge in [-0.05, 0) is 18.2 Å². The number of carbonyl (C=O) groups is 2. The zero-order chi connectivity index (χ0) is 13.3. The van der Waals surface area contributed by atoms with E-state index in [2.05, 4.69) is 20.7 Å². The largest absolute Gasteiger partial charge is 0.469 e. The van der Waals surface area contributed by atoms with Crippen LogP contribution in [-0.4, -0.2) is 25.5 Å². The molecule has 0 aliphatic carbocycles. The minimum Gasteiger partial charge on any atom is -0.469 e. The third kappa shape index (κ3) is 2.38. The zero-order valence-electron chi connectivity index (χ0n) is 9.65. The Morgan fingerprint density at radius 1 is 1.56 bits per heavy atom. The second-order valence-corrected chi connectivity index (χ2v) is 4.94. The molecular weight excluding hydrogens is 305 g/mol. The Hall–Kier alpha value is -1.43. The number of amides is 1. The van der Waals surface area contributed by atoms with E-state index in [0.29, 0.717) is 4.47 Å². The Balaban J connectivity index is 2.27. The number of hydrogen-bond donors (Lipinski definition) is 0. The fourth-order valence-corrected chi connectivity index (χ4v) is 2.31. The summed E-state index contributed by atoms with van der Waals surface area (Å²) in [5.74, 6) is -1.73. The van der Waals surface area contributed by atoms with Crippen LogP contribution in [0.4, 0.5) is 10.1 Å². The summed E-state index contributed by atoms with van der Waals surface area (Å²) in [4.78, 5) is 24.5. The van der Waals surface area contributed by atoms with Crippen LogP contribution in [0.1, 0.15) is 6.42 Å². The lowest BCUT2D eigenvalue weighted by molar-refractivity contribution is -0.145. The van der Waals surface area contributed by atoms with Crippen molar-refractivity contribution in [2.75, 3.05) is 18.6 Å². The summed E-state index contributed by atoms with van der Waals surface area (Å²) in [5.41, 5.74) is 0.181. The Morgan fingerprint density at radius 2 is 2.28 bits per heavy atom. The molecule has 2 rings (SSSR count). The molecule has 1 unspecified atom stereocenters. The van der Waals surface area contributed by atoms with E-state index in [0.717, 1.165) is 0 Å². The predicted octanol–water partition coefficient (Wildman–Crippen LogP) is 2.11. The number of esters is 1. The van der Waals surface area contributed by atoms with Crippen LogP contribution in [0, 0.1) is 11.7 Å². The van der Waals surface area contributed by atoms with Gasteiger partial charge >= 0.3 is 5.97 Å². The molecule has 1 heterocycles. The van der Waals surface area contributed by atoms with Crippen LogP contribution in [0.25, 0.3) is 0 Å². The molecule has 0 radical (unpaired) electrons. The summed E-state index contributed by atoms with van der Waals surface area (Å²) in [5, 5.41) is 0. The highest BCUT2D eigenvalue weighted by atomic mass is 79.9. The molecule has 0 aromatic heterocycles. The first-order chi connectivity index (χ1) is 8.52. The van der Waals surface area contributed by atoms with Gasteiger partial charge in [-0.25, -0.2) is 4.39 Å². The van der Waals surface area contributed by atoms with Crippen molar-refractivity contribution in [3.05, 3.63) is 28.5 Å². The van der Waals surface area contributed by atoms with Gasteiger partial charge < -0.3 is 9.64 Å². The molecule has 1 atom stereocenters. The molecule has 1 aliphatic heterocycles. The van der Waals surface area contributed by atoms with Gasteiger partial charge in [0.2, 0.25) is 5.91 Å². The van der Waals surface area contributed by atoms with Crippen LogP contribution in [0.2, 0.25) is 0 Å². The van der Waals surface area contributed by atoms with E-state index >= 15 is 0 Å². The Labute approximate surface area is 112 Å². The van der Waals surface area contributed by atoms with Crippen LogP contribution in [0.3, 0.4) is 0 Å². The second kappa shape index (κ2) is 5.06. The summed E-state index contributed by atoms with van der Waals surface area (Å²) < 4.78 is 18.9. The first kappa shape index (κ1) is 13.0. The van der Waals surface area contributed by atoms with Crippen molar-refractivity contribution in [1.29, 1.82) is 0 Å². The van der Waals surface area contributed by atoms with E-state index in [1.54, 1.807) is 6.07 Å². The molecule has 1 saturated heterocycles. The van der Waals surface area contributed by atoms with Crippen LogP contribution < -0.4 is 4.90 Å². The number of carbonyl (C=O) groups excluding carboxylic acids is 2. The number of halogens is 2. The molecule has 0 spiro atoms. The smallest absolute Gasteiger partial charge is 0.311 e. The third-order valence-corrected chi connectivity index (χ3v) is 3.35. The molecule has 18 heavy (non-hydrogen) atoms. The molecular formula is C12H11BrFNO3. The molecule has 1 aromatic rings.